The molecule has 1 nitrogen and oxygen atoms in total. The van der Waals surface area contributed by atoms with E-state index in [1.165, 1.54) is 32.9 Å². The molecule has 0 aliphatic heterocycles. The molecule has 0 amide bonds. The zero-order valence-electron chi connectivity index (χ0n) is 8.96. The van der Waals surface area contributed by atoms with Crippen LogP contribution in [0.2, 0.25) is 0 Å². The molecule has 0 saturated heterocycles. The number of rotatable bonds is 0. The van der Waals surface area contributed by atoms with Crippen molar-refractivity contribution in [3.8, 4) is 0 Å². The second-order valence-corrected chi connectivity index (χ2v) is 4.10. The van der Waals surface area contributed by atoms with Crippen LogP contribution in [0.1, 0.15) is 11.1 Å². The quantitative estimate of drug-likeness (QED) is 0.559. The van der Waals surface area contributed by atoms with Gasteiger partial charge in [0, 0.05) is 21.8 Å². The van der Waals surface area contributed by atoms with Gasteiger partial charge in [-0.15, -0.1) is 0 Å². The van der Waals surface area contributed by atoms with Crippen LogP contribution in [0.5, 0.6) is 0 Å². The molecule has 0 bridgehead atoms. The molecule has 0 atom stereocenters. The summed E-state index contributed by atoms with van der Waals surface area (Å²) >= 11 is 0. The zero-order valence-corrected chi connectivity index (χ0v) is 8.96. The first kappa shape index (κ1) is 8.54. The lowest BCUT2D eigenvalue weighted by Crippen LogP contribution is -1.80. The molecule has 1 heterocycles. The lowest BCUT2D eigenvalue weighted by Gasteiger charge is -2.01. The summed E-state index contributed by atoms with van der Waals surface area (Å²) in [4.78, 5) is 3.45. The third-order valence-electron chi connectivity index (χ3n) is 3.20. The third-order valence-corrected chi connectivity index (χ3v) is 3.20. The van der Waals surface area contributed by atoms with Crippen molar-refractivity contribution in [3.63, 3.8) is 0 Å². The Hall–Kier alpha value is -1.76. The van der Waals surface area contributed by atoms with Crippen LogP contribution in [0.25, 0.3) is 21.8 Å². The molecule has 15 heavy (non-hydrogen) atoms. The van der Waals surface area contributed by atoms with Crippen LogP contribution >= 0.6 is 0 Å². The monoisotopic (exact) mass is 195 g/mol. The number of nitrogens with one attached hydrogen (secondary N) is 1. The Kier molecular flexibility index (Phi) is 1.63. The van der Waals surface area contributed by atoms with E-state index in [2.05, 4.69) is 55.2 Å². The fraction of sp³-hybridized carbons (Fsp3) is 0.143. The highest BCUT2D eigenvalue weighted by Crippen LogP contribution is 2.29. The first-order chi connectivity index (χ1) is 7.27. The summed E-state index contributed by atoms with van der Waals surface area (Å²) in [6.45, 7) is 4.36. The molecular weight excluding hydrogens is 182 g/mol. The number of hydrogen-bond donors (Lipinski definition) is 1. The van der Waals surface area contributed by atoms with Gasteiger partial charge in [0.15, 0.2) is 0 Å². The van der Waals surface area contributed by atoms with Crippen molar-refractivity contribution in [2.24, 2.45) is 0 Å². The normalized spacial score (nSPS) is 11.3. The molecule has 2 aromatic carbocycles. The average Bonchev–Trinajstić information content (AvgIpc) is 2.62. The Balaban J connectivity index is 2.63. The van der Waals surface area contributed by atoms with Gasteiger partial charge in [-0.25, -0.2) is 0 Å². The maximum atomic E-state index is 3.45. The van der Waals surface area contributed by atoms with Crippen molar-refractivity contribution < 1.29 is 0 Å². The summed E-state index contributed by atoms with van der Waals surface area (Å²) < 4.78 is 0. The molecule has 0 aliphatic rings. The number of hydrogen-bond acceptors (Lipinski definition) is 0. The van der Waals surface area contributed by atoms with Gasteiger partial charge in [-0.2, -0.15) is 0 Å². The third kappa shape index (κ3) is 1.09. The minimum Gasteiger partial charge on any atom is -0.355 e. The van der Waals surface area contributed by atoms with Crippen molar-refractivity contribution in [1.29, 1.82) is 0 Å². The van der Waals surface area contributed by atoms with E-state index in [4.69, 9.17) is 0 Å². The number of para-hydroxylation sites is 1. The van der Waals surface area contributed by atoms with Gasteiger partial charge >= 0.3 is 0 Å². The van der Waals surface area contributed by atoms with Crippen LogP contribution in [-0.4, -0.2) is 4.98 Å². The van der Waals surface area contributed by atoms with Gasteiger partial charge in [0.05, 0.1) is 0 Å². The molecule has 3 aromatic rings. The molecule has 0 radical (unpaired) electrons. The van der Waals surface area contributed by atoms with Crippen LogP contribution in [0, 0.1) is 13.8 Å². The molecule has 1 heteroatoms. The highest BCUT2D eigenvalue weighted by molar-refractivity contribution is 6.09. The van der Waals surface area contributed by atoms with E-state index in [0.717, 1.165) is 0 Å². The Labute approximate surface area is 88.7 Å². The lowest BCUT2D eigenvalue weighted by atomic mass is 10.0. The first-order valence-corrected chi connectivity index (χ1v) is 5.24. The van der Waals surface area contributed by atoms with E-state index in [1.54, 1.807) is 0 Å². The minimum absolute atomic E-state index is 1.22. The van der Waals surface area contributed by atoms with E-state index in [1.807, 2.05) is 0 Å². The number of aryl methyl sites for hydroxylation is 2. The van der Waals surface area contributed by atoms with Crippen LogP contribution in [0.3, 0.4) is 0 Å². The zero-order chi connectivity index (χ0) is 10.4. The number of fused-ring (bicyclic) bond motifs is 3. The summed E-state index contributed by atoms with van der Waals surface area (Å²) in [6.07, 6.45) is 0. The summed E-state index contributed by atoms with van der Waals surface area (Å²) in [5, 5.41) is 2.69. The van der Waals surface area contributed by atoms with Crippen molar-refractivity contribution >= 4 is 21.8 Å². The second kappa shape index (κ2) is 2.86. The molecule has 1 aromatic heterocycles. The van der Waals surface area contributed by atoms with E-state index in [-0.39, 0.29) is 0 Å². The molecule has 74 valence electrons. The lowest BCUT2D eigenvalue weighted by molar-refractivity contribution is 1.38. The van der Waals surface area contributed by atoms with E-state index < -0.39 is 0 Å². The predicted octanol–water partition coefficient (Wildman–Crippen LogP) is 3.94. The molecule has 0 aliphatic carbocycles. The highest BCUT2D eigenvalue weighted by atomic mass is 14.7. The summed E-state index contributed by atoms with van der Waals surface area (Å²) in [6, 6.07) is 12.8. The van der Waals surface area contributed by atoms with Gasteiger partial charge in [0.1, 0.15) is 0 Å². The van der Waals surface area contributed by atoms with E-state index in [9.17, 15) is 0 Å². The predicted molar refractivity (Wildman–Crippen MR) is 65.3 cm³/mol. The van der Waals surface area contributed by atoms with Crippen molar-refractivity contribution in [1.82, 2.24) is 4.98 Å². The molecule has 0 fully saturated rings. The van der Waals surface area contributed by atoms with Gasteiger partial charge in [0.25, 0.3) is 0 Å². The van der Waals surface area contributed by atoms with Crippen LogP contribution in [-0.2, 0) is 0 Å². The SMILES string of the molecule is Cc1ccc2[nH]c3ccccc3c2c1C. The molecule has 0 saturated carbocycles. The Morgan fingerprint density at radius 3 is 2.53 bits per heavy atom. The fourth-order valence-corrected chi connectivity index (χ4v) is 2.22. The van der Waals surface area contributed by atoms with Gasteiger partial charge < -0.3 is 4.98 Å². The summed E-state index contributed by atoms with van der Waals surface area (Å²) in [5.41, 5.74) is 5.19. The molecular formula is C14H13N. The molecule has 3 rings (SSSR count). The molecule has 1 N–H and O–H groups in total. The highest BCUT2D eigenvalue weighted by Gasteiger charge is 2.06. The maximum absolute atomic E-state index is 3.45. The largest absolute Gasteiger partial charge is 0.355 e. The van der Waals surface area contributed by atoms with E-state index >= 15 is 0 Å². The van der Waals surface area contributed by atoms with Gasteiger partial charge in [-0.1, -0.05) is 24.3 Å². The van der Waals surface area contributed by atoms with Crippen LogP contribution in [0.15, 0.2) is 36.4 Å². The second-order valence-electron chi connectivity index (χ2n) is 4.10. The van der Waals surface area contributed by atoms with Gasteiger partial charge in [-0.05, 0) is 37.1 Å². The Morgan fingerprint density at radius 1 is 0.867 bits per heavy atom. The molecule has 0 unspecified atom stereocenters. The van der Waals surface area contributed by atoms with E-state index in [0.29, 0.717) is 0 Å². The number of aromatic nitrogens is 1. The van der Waals surface area contributed by atoms with Crippen molar-refractivity contribution in [3.05, 3.63) is 47.5 Å². The Morgan fingerprint density at radius 2 is 1.67 bits per heavy atom. The topological polar surface area (TPSA) is 15.8 Å². The number of aromatic amines is 1. The van der Waals surface area contributed by atoms with Crippen molar-refractivity contribution in [2.75, 3.05) is 0 Å². The average molecular weight is 195 g/mol. The van der Waals surface area contributed by atoms with Crippen LogP contribution in [0.4, 0.5) is 0 Å². The maximum Gasteiger partial charge on any atom is 0.0467 e. The standard InChI is InChI=1S/C14H13N/c1-9-7-8-13-14(10(9)2)11-5-3-4-6-12(11)15-13/h3-8,15H,1-2H3. The summed E-state index contributed by atoms with van der Waals surface area (Å²) in [5.74, 6) is 0. The number of H-pyrrole nitrogens is 1. The van der Waals surface area contributed by atoms with Crippen LogP contribution < -0.4 is 0 Å². The smallest absolute Gasteiger partial charge is 0.0467 e. The fourth-order valence-electron chi connectivity index (χ4n) is 2.22. The first-order valence-electron chi connectivity index (χ1n) is 5.24. The summed E-state index contributed by atoms with van der Waals surface area (Å²) in [7, 11) is 0. The molecule has 0 spiro atoms. The number of benzene rings is 2. The Bertz CT molecular complexity index is 647. The minimum atomic E-state index is 1.22. The van der Waals surface area contributed by atoms with Crippen molar-refractivity contribution in [2.45, 2.75) is 13.8 Å². The van der Waals surface area contributed by atoms with Gasteiger partial charge in [-0.3, -0.25) is 0 Å². The van der Waals surface area contributed by atoms with Gasteiger partial charge in [0.2, 0.25) is 0 Å².